The van der Waals surface area contributed by atoms with E-state index in [1.165, 1.54) is 0 Å². The summed E-state index contributed by atoms with van der Waals surface area (Å²) in [6.45, 7) is 0. The van der Waals surface area contributed by atoms with Crippen molar-refractivity contribution < 1.29 is 15.3 Å². The highest BCUT2D eigenvalue weighted by molar-refractivity contribution is 4.87. The molecule has 4 atom stereocenters. The Balaban J connectivity index is 2.49. The van der Waals surface area contributed by atoms with Crippen LogP contribution in [-0.2, 0) is 0 Å². The fourth-order valence-electron chi connectivity index (χ4n) is 1.25. The van der Waals surface area contributed by atoms with Gasteiger partial charge in [-0.3, -0.25) is 0 Å². The molecule has 0 radical (unpaired) electrons. The van der Waals surface area contributed by atoms with Crippen molar-refractivity contribution in [2.45, 2.75) is 37.2 Å². The van der Waals surface area contributed by atoms with Crippen LogP contribution < -0.4 is 5.73 Å². The minimum atomic E-state index is -0.872. The fraction of sp³-hybridized carbons (Fsp3) is 1.00. The predicted molar refractivity (Wildman–Crippen MR) is 35.2 cm³/mol. The molecule has 0 aromatic heterocycles. The average molecular weight is 147 g/mol. The van der Waals surface area contributed by atoms with Crippen molar-refractivity contribution in [2.75, 3.05) is 0 Å². The van der Waals surface area contributed by atoms with Gasteiger partial charge < -0.3 is 21.1 Å². The van der Waals surface area contributed by atoms with Crippen LogP contribution in [0, 0.1) is 0 Å². The van der Waals surface area contributed by atoms with Crippen molar-refractivity contribution in [3.05, 3.63) is 0 Å². The smallest absolute Gasteiger partial charge is 0.0951 e. The van der Waals surface area contributed by atoms with Gasteiger partial charge in [0, 0.05) is 12.5 Å². The maximum absolute atomic E-state index is 9.08. The molecule has 4 heteroatoms. The van der Waals surface area contributed by atoms with Crippen molar-refractivity contribution in [1.29, 1.82) is 0 Å². The van der Waals surface area contributed by atoms with E-state index in [0.29, 0.717) is 6.42 Å². The number of hydrogen-bond acceptors (Lipinski definition) is 4. The standard InChI is InChI=1S/C6H13NO3/c7-4-1-3(8)2-5(9)6(4)10/h3-6,8-10H,1-2,7H2/t3-,4+,5+,6-/m0/s1. The summed E-state index contributed by atoms with van der Waals surface area (Å²) < 4.78 is 0. The van der Waals surface area contributed by atoms with Gasteiger partial charge >= 0.3 is 0 Å². The lowest BCUT2D eigenvalue weighted by Gasteiger charge is -2.32. The van der Waals surface area contributed by atoms with Crippen LogP contribution >= 0.6 is 0 Å². The van der Waals surface area contributed by atoms with Gasteiger partial charge in [-0.15, -0.1) is 0 Å². The third-order valence-corrected chi connectivity index (χ3v) is 1.89. The van der Waals surface area contributed by atoms with Gasteiger partial charge in [-0.25, -0.2) is 0 Å². The first-order valence-electron chi connectivity index (χ1n) is 3.41. The summed E-state index contributed by atoms with van der Waals surface area (Å²) >= 11 is 0. The lowest BCUT2D eigenvalue weighted by Crippen LogP contribution is -2.50. The zero-order chi connectivity index (χ0) is 7.72. The molecular weight excluding hydrogens is 134 g/mol. The molecule has 10 heavy (non-hydrogen) atoms. The molecular formula is C6H13NO3. The first-order valence-corrected chi connectivity index (χ1v) is 3.41. The third-order valence-electron chi connectivity index (χ3n) is 1.89. The molecule has 0 amide bonds. The Morgan fingerprint density at radius 3 is 2.20 bits per heavy atom. The summed E-state index contributed by atoms with van der Waals surface area (Å²) in [5.41, 5.74) is 5.39. The first kappa shape index (κ1) is 7.94. The minimum Gasteiger partial charge on any atom is -0.393 e. The normalized spacial score (nSPS) is 49.2. The molecule has 1 fully saturated rings. The van der Waals surface area contributed by atoms with E-state index < -0.39 is 24.4 Å². The highest BCUT2D eigenvalue weighted by Crippen LogP contribution is 2.17. The molecule has 1 rings (SSSR count). The van der Waals surface area contributed by atoms with E-state index in [4.69, 9.17) is 21.1 Å². The van der Waals surface area contributed by atoms with E-state index in [0.717, 1.165) is 0 Å². The number of aliphatic hydroxyl groups is 3. The Bertz CT molecular complexity index is 108. The molecule has 1 saturated carbocycles. The zero-order valence-corrected chi connectivity index (χ0v) is 5.64. The lowest BCUT2D eigenvalue weighted by atomic mass is 9.89. The van der Waals surface area contributed by atoms with Crippen molar-refractivity contribution >= 4 is 0 Å². The second kappa shape index (κ2) is 2.84. The van der Waals surface area contributed by atoms with Crippen LogP contribution in [0.4, 0.5) is 0 Å². The first-order chi connectivity index (χ1) is 4.61. The molecule has 60 valence electrons. The minimum absolute atomic E-state index is 0.231. The maximum Gasteiger partial charge on any atom is 0.0951 e. The highest BCUT2D eigenvalue weighted by Gasteiger charge is 2.32. The van der Waals surface area contributed by atoms with Crippen LogP contribution in [0.5, 0.6) is 0 Å². The summed E-state index contributed by atoms with van der Waals surface area (Å²) in [5, 5.41) is 27.1. The van der Waals surface area contributed by atoms with Crippen LogP contribution in [0.2, 0.25) is 0 Å². The van der Waals surface area contributed by atoms with Crippen LogP contribution in [0.25, 0.3) is 0 Å². The Kier molecular flexibility index (Phi) is 2.25. The van der Waals surface area contributed by atoms with E-state index in [2.05, 4.69) is 0 Å². The predicted octanol–water partition coefficient (Wildman–Crippen LogP) is -1.81. The van der Waals surface area contributed by atoms with Gasteiger partial charge in [-0.2, -0.15) is 0 Å². The molecule has 0 spiro atoms. The summed E-state index contributed by atoms with van der Waals surface area (Å²) in [4.78, 5) is 0. The van der Waals surface area contributed by atoms with Crippen LogP contribution in [0.15, 0.2) is 0 Å². The molecule has 5 N–H and O–H groups in total. The van der Waals surface area contributed by atoms with Gasteiger partial charge in [-0.05, 0) is 6.42 Å². The SMILES string of the molecule is N[C@@H]1C[C@H](O)C[C@@H](O)[C@H]1O. The summed E-state index contributed by atoms with van der Waals surface area (Å²) in [6, 6.07) is -0.487. The molecule has 0 bridgehead atoms. The van der Waals surface area contributed by atoms with Crippen LogP contribution in [-0.4, -0.2) is 39.7 Å². The van der Waals surface area contributed by atoms with E-state index in [9.17, 15) is 0 Å². The Hall–Kier alpha value is -0.160. The second-order valence-corrected chi connectivity index (χ2v) is 2.85. The highest BCUT2D eigenvalue weighted by atomic mass is 16.3. The van der Waals surface area contributed by atoms with Gasteiger partial charge in [0.2, 0.25) is 0 Å². The monoisotopic (exact) mass is 147 g/mol. The van der Waals surface area contributed by atoms with Gasteiger partial charge in [-0.1, -0.05) is 0 Å². The van der Waals surface area contributed by atoms with Gasteiger partial charge in [0.05, 0.1) is 18.3 Å². The molecule has 0 aromatic carbocycles. The van der Waals surface area contributed by atoms with Crippen molar-refractivity contribution in [3.8, 4) is 0 Å². The van der Waals surface area contributed by atoms with E-state index in [-0.39, 0.29) is 6.42 Å². The van der Waals surface area contributed by atoms with E-state index in [1.807, 2.05) is 0 Å². The van der Waals surface area contributed by atoms with Crippen molar-refractivity contribution in [2.24, 2.45) is 5.73 Å². The summed E-state index contributed by atoms with van der Waals surface area (Å²) in [5.74, 6) is 0. The average Bonchev–Trinajstić information content (AvgIpc) is 1.82. The van der Waals surface area contributed by atoms with Gasteiger partial charge in [0.15, 0.2) is 0 Å². The maximum atomic E-state index is 9.08. The van der Waals surface area contributed by atoms with Crippen molar-refractivity contribution in [1.82, 2.24) is 0 Å². The van der Waals surface area contributed by atoms with Gasteiger partial charge in [0.1, 0.15) is 0 Å². The second-order valence-electron chi connectivity index (χ2n) is 2.85. The Morgan fingerprint density at radius 1 is 1.10 bits per heavy atom. The van der Waals surface area contributed by atoms with Crippen molar-refractivity contribution in [3.63, 3.8) is 0 Å². The fourth-order valence-corrected chi connectivity index (χ4v) is 1.25. The Labute approximate surface area is 59.3 Å². The summed E-state index contributed by atoms with van der Waals surface area (Å²) in [6.07, 6.45) is -1.69. The van der Waals surface area contributed by atoms with Gasteiger partial charge in [0.25, 0.3) is 0 Å². The number of aliphatic hydroxyl groups excluding tert-OH is 3. The quantitative estimate of drug-likeness (QED) is 0.325. The number of hydrogen-bond donors (Lipinski definition) is 4. The van der Waals surface area contributed by atoms with Crippen LogP contribution in [0.1, 0.15) is 12.8 Å². The molecule has 4 nitrogen and oxygen atoms in total. The molecule has 1 aliphatic rings. The molecule has 0 saturated heterocycles. The molecule has 0 heterocycles. The number of nitrogens with two attached hydrogens (primary N) is 1. The molecule has 0 aromatic rings. The lowest BCUT2D eigenvalue weighted by molar-refractivity contribution is -0.0605. The Morgan fingerprint density at radius 2 is 1.70 bits per heavy atom. The van der Waals surface area contributed by atoms with E-state index in [1.54, 1.807) is 0 Å². The number of rotatable bonds is 0. The topological polar surface area (TPSA) is 86.7 Å². The van der Waals surface area contributed by atoms with Crippen LogP contribution in [0.3, 0.4) is 0 Å². The summed E-state index contributed by atoms with van der Waals surface area (Å²) in [7, 11) is 0. The van der Waals surface area contributed by atoms with E-state index >= 15 is 0 Å². The molecule has 0 aliphatic heterocycles. The largest absolute Gasteiger partial charge is 0.393 e. The zero-order valence-electron chi connectivity index (χ0n) is 5.64. The molecule has 1 aliphatic carbocycles. The third kappa shape index (κ3) is 1.46. The molecule has 0 unspecified atom stereocenters.